The maximum absolute atomic E-state index is 6.63. The second-order valence-corrected chi connectivity index (χ2v) is 14.0. The van der Waals surface area contributed by atoms with Crippen LogP contribution in [0.2, 0.25) is 0 Å². The summed E-state index contributed by atoms with van der Waals surface area (Å²) < 4.78 is 6.63. The first-order chi connectivity index (χ1) is 27.2. The van der Waals surface area contributed by atoms with Crippen LogP contribution in [0, 0.1) is 0 Å². The zero-order chi connectivity index (χ0) is 36.3. The second-order valence-electron chi connectivity index (χ2n) is 14.0. The number of fused-ring (bicyclic) bond motifs is 8. The highest BCUT2D eigenvalue weighted by molar-refractivity contribution is 6.20. The first kappa shape index (κ1) is 31.1. The molecule has 0 radical (unpaired) electrons. The monoisotopic (exact) mass is 701 g/mol. The molecule has 11 aromatic rings. The number of aromatic nitrogens is 3. The van der Waals surface area contributed by atoms with Crippen molar-refractivity contribution in [1.29, 1.82) is 0 Å². The number of para-hydroxylation sites is 1. The summed E-state index contributed by atoms with van der Waals surface area (Å²) in [5.74, 6) is 0.668. The van der Waals surface area contributed by atoms with Gasteiger partial charge in [-0.3, -0.25) is 0 Å². The van der Waals surface area contributed by atoms with Gasteiger partial charge in [-0.15, -0.1) is 0 Å². The minimum absolute atomic E-state index is 0.668. The van der Waals surface area contributed by atoms with Gasteiger partial charge in [0.05, 0.1) is 28.0 Å². The Kier molecular flexibility index (Phi) is 7.14. The van der Waals surface area contributed by atoms with Crippen LogP contribution in [-0.2, 0) is 0 Å². The summed E-state index contributed by atoms with van der Waals surface area (Å²) in [5.41, 5.74) is 11.5. The first-order valence-corrected chi connectivity index (χ1v) is 18.5. The van der Waals surface area contributed by atoms with Crippen molar-refractivity contribution in [3.63, 3.8) is 0 Å². The highest BCUT2D eigenvalue weighted by atomic mass is 16.3. The Morgan fingerprint density at radius 1 is 0.364 bits per heavy atom. The molecule has 0 bridgehead atoms. The van der Waals surface area contributed by atoms with Gasteiger partial charge in [-0.2, -0.15) is 0 Å². The van der Waals surface area contributed by atoms with Crippen LogP contribution < -0.4 is 0 Å². The van der Waals surface area contributed by atoms with Gasteiger partial charge in [0.2, 0.25) is 0 Å². The number of pyridine rings is 1. The van der Waals surface area contributed by atoms with E-state index in [0.717, 1.165) is 77.7 Å². The Morgan fingerprint density at radius 2 is 0.964 bits per heavy atom. The van der Waals surface area contributed by atoms with E-state index in [1.54, 1.807) is 0 Å². The van der Waals surface area contributed by atoms with Crippen LogP contribution in [0.1, 0.15) is 0 Å². The topological polar surface area (TPSA) is 51.8 Å². The maximum Gasteiger partial charge on any atom is 0.160 e. The predicted molar refractivity (Wildman–Crippen MR) is 227 cm³/mol. The Balaban J connectivity index is 1.08. The molecule has 0 aliphatic heterocycles. The third-order valence-electron chi connectivity index (χ3n) is 10.7. The standard InChI is InChI=1S/C51H31N3O/c1-3-13-33(14-4-1)45-31-46(37-27-28-47-43(30-37)48-49(34-15-5-2-6-16-34)52-44-22-12-11-21-41(44)50(48)55-47)54-51(53-45)35-25-23-32(24-26-35)42-29-36-17-7-8-18-38(36)39-19-9-10-20-40(39)42/h1-31H. The Hall–Kier alpha value is -7.43. The van der Waals surface area contributed by atoms with Crippen molar-refractivity contribution in [2.45, 2.75) is 0 Å². The number of hydrogen-bond donors (Lipinski definition) is 0. The number of hydrogen-bond acceptors (Lipinski definition) is 4. The molecular formula is C51H31N3O. The van der Waals surface area contributed by atoms with Crippen molar-refractivity contribution in [3.05, 3.63) is 188 Å². The number of rotatable bonds is 5. The molecule has 0 saturated carbocycles. The molecule has 0 fully saturated rings. The third-order valence-corrected chi connectivity index (χ3v) is 10.7. The number of furan rings is 1. The van der Waals surface area contributed by atoms with Gasteiger partial charge < -0.3 is 4.42 Å². The van der Waals surface area contributed by atoms with Crippen molar-refractivity contribution in [2.24, 2.45) is 0 Å². The molecule has 8 aromatic carbocycles. The fraction of sp³-hybridized carbons (Fsp3) is 0. The fourth-order valence-corrected chi connectivity index (χ4v) is 8.00. The van der Waals surface area contributed by atoms with E-state index in [1.807, 2.05) is 42.5 Å². The van der Waals surface area contributed by atoms with Crippen LogP contribution >= 0.6 is 0 Å². The molecular weight excluding hydrogens is 671 g/mol. The zero-order valence-electron chi connectivity index (χ0n) is 29.6. The van der Waals surface area contributed by atoms with Crippen molar-refractivity contribution in [3.8, 4) is 56.3 Å². The summed E-state index contributed by atoms with van der Waals surface area (Å²) in [4.78, 5) is 15.6. The van der Waals surface area contributed by atoms with Crippen molar-refractivity contribution < 1.29 is 4.42 Å². The summed E-state index contributed by atoms with van der Waals surface area (Å²) >= 11 is 0. The third kappa shape index (κ3) is 5.26. The van der Waals surface area contributed by atoms with Crippen molar-refractivity contribution >= 4 is 54.4 Å². The summed E-state index contributed by atoms with van der Waals surface area (Å²) in [6.45, 7) is 0. The smallest absolute Gasteiger partial charge is 0.160 e. The Labute approximate surface area is 317 Å². The Bertz CT molecular complexity index is 3240. The second kappa shape index (κ2) is 12.6. The Morgan fingerprint density at radius 3 is 1.75 bits per heavy atom. The van der Waals surface area contributed by atoms with Crippen LogP contribution in [0.5, 0.6) is 0 Å². The van der Waals surface area contributed by atoms with Crippen molar-refractivity contribution in [1.82, 2.24) is 15.0 Å². The average Bonchev–Trinajstić information content (AvgIpc) is 3.66. The van der Waals surface area contributed by atoms with Gasteiger partial charge in [0, 0.05) is 33.0 Å². The zero-order valence-corrected chi connectivity index (χ0v) is 29.6. The molecule has 0 aliphatic rings. The van der Waals surface area contributed by atoms with E-state index >= 15 is 0 Å². The molecule has 0 amide bonds. The normalized spacial score (nSPS) is 11.6. The molecule has 3 aromatic heterocycles. The van der Waals surface area contributed by atoms with Gasteiger partial charge in [0.15, 0.2) is 5.82 Å². The highest BCUT2D eigenvalue weighted by Gasteiger charge is 2.19. The summed E-state index contributed by atoms with van der Waals surface area (Å²) in [6, 6.07) is 65.5. The molecule has 0 unspecified atom stereocenters. The number of nitrogens with zero attached hydrogens (tertiary/aromatic N) is 3. The molecule has 0 aliphatic carbocycles. The van der Waals surface area contributed by atoms with Crippen LogP contribution in [0.4, 0.5) is 0 Å². The van der Waals surface area contributed by atoms with Crippen LogP contribution in [0.25, 0.3) is 111 Å². The van der Waals surface area contributed by atoms with Gasteiger partial charge in [0.1, 0.15) is 11.2 Å². The first-order valence-electron chi connectivity index (χ1n) is 18.5. The lowest BCUT2D eigenvalue weighted by Gasteiger charge is -2.12. The van der Waals surface area contributed by atoms with E-state index < -0.39 is 0 Å². The molecule has 55 heavy (non-hydrogen) atoms. The molecule has 256 valence electrons. The lowest BCUT2D eigenvalue weighted by Crippen LogP contribution is -1.96. The minimum atomic E-state index is 0.668. The molecule has 0 N–H and O–H groups in total. The lowest BCUT2D eigenvalue weighted by molar-refractivity contribution is 0.672. The van der Waals surface area contributed by atoms with Gasteiger partial charge >= 0.3 is 0 Å². The van der Waals surface area contributed by atoms with Crippen LogP contribution in [0.3, 0.4) is 0 Å². The molecule has 0 atom stereocenters. The molecule has 4 heteroatoms. The van der Waals surface area contributed by atoms with Gasteiger partial charge in [0.25, 0.3) is 0 Å². The number of benzene rings is 8. The summed E-state index contributed by atoms with van der Waals surface area (Å²) in [5, 5.41) is 7.97. The lowest BCUT2D eigenvalue weighted by atomic mass is 9.93. The highest BCUT2D eigenvalue weighted by Crippen LogP contribution is 2.41. The van der Waals surface area contributed by atoms with E-state index in [1.165, 1.54) is 27.1 Å². The van der Waals surface area contributed by atoms with Crippen LogP contribution in [0.15, 0.2) is 192 Å². The largest absolute Gasteiger partial charge is 0.455 e. The van der Waals surface area contributed by atoms with Crippen LogP contribution in [-0.4, -0.2) is 15.0 Å². The van der Waals surface area contributed by atoms with E-state index in [2.05, 4.69) is 146 Å². The molecule has 0 spiro atoms. The molecule has 11 rings (SSSR count). The summed E-state index contributed by atoms with van der Waals surface area (Å²) in [7, 11) is 0. The molecule has 3 heterocycles. The minimum Gasteiger partial charge on any atom is -0.455 e. The van der Waals surface area contributed by atoms with Gasteiger partial charge in [-0.25, -0.2) is 15.0 Å². The quantitative estimate of drug-likeness (QED) is 0.168. The molecule has 0 saturated heterocycles. The van der Waals surface area contributed by atoms with E-state index in [4.69, 9.17) is 19.4 Å². The van der Waals surface area contributed by atoms with E-state index in [-0.39, 0.29) is 0 Å². The predicted octanol–water partition coefficient (Wildman–Crippen LogP) is 13.6. The fourth-order valence-electron chi connectivity index (χ4n) is 8.00. The van der Waals surface area contributed by atoms with Gasteiger partial charge in [-0.05, 0) is 75.1 Å². The average molecular weight is 702 g/mol. The molecule has 4 nitrogen and oxygen atoms in total. The van der Waals surface area contributed by atoms with E-state index in [0.29, 0.717) is 5.82 Å². The SMILES string of the molecule is c1ccc(-c2cc(-c3ccc4oc5c6ccccc6nc(-c6ccccc6)c5c4c3)nc(-c3ccc(-c4cc5ccccc5c5ccccc45)cc3)n2)cc1. The van der Waals surface area contributed by atoms with E-state index in [9.17, 15) is 0 Å². The van der Waals surface area contributed by atoms with Crippen molar-refractivity contribution in [2.75, 3.05) is 0 Å². The maximum atomic E-state index is 6.63. The summed E-state index contributed by atoms with van der Waals surface area (Å²) in [6.07, 6.45) is 0. The van der Waals surface area contributed by atoms with Gasteiger partial charge in [-0.1, -0.05) is 146 Å².